The number of nitrogens with zero attached hydrogens (tertiary/aromatic N) is 2. The molecule has 0 fully saturated rings. The van der Waals surface area contributed by atoms with Crippen LogP contribution in [0.25, 0.3) is 0 Å². The predicted molar refractivity (Wildman–Crippen MR) is 76.0 cm³/mol. The van der Waals surface area contributed by atoms with Crippen LogP contribution in [0.1, 0.15) is 18.1 Å². The Morgan fingerprint density at radius 1 is 1.35 bits per heavy atom. The van der Waals surface area contributed by atoms with Crippen LogP contribution in [0.4, 0.5) is 5.69 Å². The fraction of sp³-hybridized carbons (Fsp3) is 0.500. The largest absolute Gasteiger partial charge is 0.329 e. The molecule has 0 bridgehead atoms. The van der Waals surface area contributed by atoms with Crippen LogP contribution in [-0.2, 0) is 10.0 Å². The zero-order valence-electron chi connectivity index (χ0n) is 12.0. The fourth-order valence-electron chi connectivity index (χ4n) is 1.85. The summed E-state index contributed by atoms with van der Waals surface area (Å²) in [6.45, 7) is 4.84. The predicted octanol–water partition coefficient (Wildman–Crippen LogP) is 1.18. The van der Waals surface area contributed by atoms with Gasteiger partial charge >= 0.3 is 0 Å². The fourth-order valence-corrected chi connectivity index (χ4v) is 3.65. The van der Waals surface area contributed by atoms with Gasteiger partial charge in [0.25, 0.3) is 5.69 Å². The first-order chi connectivity index (χ1) is 9.14. The van der Waals surface area contributed by atoms with Crippen molar-refractivity contribution < 1.29 is 13.3 Å². The number of nitro benzene ring substituents is 1. The van der Waals surface area contributed by atoms with Crippen molar-refractivity contribution in [2.24, 2.45) is 5.73 Å². The normalized spacial score (nSPS) is 13.5. The molecule has 0 saturated heterocycles. The number of rotatable bonds is 5. The molecule has 0 saturated carbocycles. The third kappa shape index (κ3) is 2.82. The zero-order chi connectivity index (χ0) is 15.7. The van der Waals surface area contributed by atoms with E-state index in [4.69, 9.17) is 5.73 Å². The third-order valence-electron chi connectivity index (χ3n) is 3.31. The van der Waals surface area contributed by atoms with Crippen molar-refractivity contribution in [3.05, 3.63) is 33.4 Å². The van der Waals surface area contributed by atoms with Gasteiger partial charge in [-0.2, -0.15) is 4.31 Å². The molecular formula is C12H19N3O4S. The van der Waals surface area contributed by atoms with E-state index < -0.39 is 21.0 Å². The number of aryl methyl sites for hydroxylation is 2. The molecule has 2 N–H and O–H groups in total. The van der Waals surface area contributed by atoms with Gasteiger partial charge in [0.1, 0.15) is 0 Å². The molecule has 7 nitrogen and oxygen atoms in total. The number of nitro groups is 1. The van der Waals surface area contributed by atoms with E-state index in [1.807, 2.05) is 0 Å². The first kappa shape index (κ1) is 16.5. The van der Waals surface area contributed by atoms with Gasteiger partial charge in [0.15, 0.2) is 4.90 Å². The molecule has 1 aromatic rings. The highest BCUT2D eigenvalue weighted by atomic mass is 32.2. The summed E-state index contributed by atoms with van der Waals surface area (Å²) in [6.07, 6.45) is 0. The summed E-state index contributed by atoms with van der Waals surface area (Å²) in [5.41, 5.74) is 5.76. The zero-order valence-corrected chi connectivity index (χ0v) is 12.8. The molecule has 1 aromatic carbocycles. The smallest absolute Gasteiger partial charge is 0.292 e. The van der Waals surface area contributed by atoms with E-state index in [9.17, 15) is 18.5 Å². The quantitative estimate of drug-likeness (QED) is 0.649. The van der Waals surface area contributed by atoms with Crippen molar-refractivity contribution in [3.63, 3.8) is 0 Å². The molecule has 1 atom stereocenters. The second kappa shape index (κ2) is 5.86. The Hall–Kier alpha value is -1.51. The van der Waals surface area contributed by atoms with E-state index >= 15 is 0 Å². The van der Waals surface area contributed by atoms with Gasteiger partial charge in [-0.1, -0.05) is 12.1 Å². The van der Waals surface area contributed by atoms with Gasteiger partial charge in [-0.15, -0.1) is 0 Å². The second-order valence-electron chi connectivity index (χ2n) is 4.74. The van der Waals surface area contributed by atoms with Crippen LogP contribution in [0.2, 0.25) is 0 Å². The van der Waals surface area contributed by atoms with Crippen LogP contribution in [0.5, 0.6) is 0 Å². The average molecular weight is 301 g/mol. The summed E-state index contributed by atoms with van der Waals surface area (Å²) in [7, 11) is -2.59. The van der Waals surface area contributed by atoms with Crippen molar-refractivity contribution in [3.8, 4) is 0 Å². The molecule has 0 heterocycles. The Morgan fingerprint density at radius 2 is 1.85 bits per heavy atom. The molecule has 1 unspecified atom stereocenters. The molecule has 112 valence electrons. The number of benzene rings is 1. The summed E-state index contributed by atoms with van der Waals surface area (Å²) in [6, 6.07) is 2.66. The molecule has 0 aliphatic heterocycles. The van der Waals surface area contributed by atoms with Crippen LogP contribution in [0, 0.1) is 24.0 Å². The van der Waals surface area contributed by atoms with Gasteiger partial charge in [0.05, 0.1) is 4.92 Å². The topological polar surface area (TPSA) is 107 Å². The van der Waals surface area contributed by atoms with Crippen LogP contribution < -0.4 is 5.73 Å². The first-order valence-electron chi connectivity index (χ1n) is 6.07. The maximum absolute atomic E-state index is 12.6. The average Bonchev–Trinajstić information content (AvgIpc) is 2.38. The first-order valence-corrected chi connectivity index (χ1v) is 7.51. The van der Waals surface area contributed by atoms with E-state index in [2.05, 4.69) is 0 Å². The lowest BCUT2D eigenvalue weighted by Gasteiger charge is -2.24. The van der Waals surface area contributed by atoms with Gasteiger partial charge in [-0.05, 0) is 26.3 Å². The van der Waals surface area contributed by atoms with Crippen molar-refractivity contribution >= 4 is 15.7 Å². The number of hydrogen-bond acceptors (Lipinski definition) is 5. The summed E-state index contributed by atoms with van der Waals surface area (Å²) in [5, 5.41) is 11.2. The van der Waals surface area contributed by atoms with E-state index in [0.717, 1.165) is 4.31 Å². The highest BCUT2D eigenvalue weighted by Gasteiger charge is 2.34. The minimum Gasteiger partial charge on any atom is -0.329 e. The van der Waals surface area contributed by atoms with Gasteiger partial charge in [0.2, 0.25) is 10.0 Å². The molecular weight excluding hydrogens is 282 g/mol. The van der Waals surface area contributed by atoms with Crippen LogP contribution in [0.3, 0.4) is 0 Å². The second-order valence-corrected chi connectivity index (χ2v) is 6.67. The molecule has 0 radical (unpaired) electrons. The van der Waals surface area contributed by atoms with Crippen LogP contribution in [0.15, 0.2) is 17.0 Å². The highest BCUT2D eigenvalue weighted by molar-refractivity contribution is 7.89. The summed E-state index contributed by atoms with van der Waals surface area (Å²) in [4.78, 5) is 10.3. The summed E-state index contributed by atoms with van der Waals surface area (Å²) >= 11 is 0. The molecule has 0 spiro atoms. The van der Waals surface area contributed by atoms with Gasteiger partial charge in [-0.25, -0.2) is 8.42 Å². The molecule has 0 aliphatic rings. The van der Waals surface area contributed by atoms with E-state index in [1.54, 1.807) is 26.0 Å². The maximum Gasteiger partial charge on any atom is 0.292 e. The lowest BCUT2D eigenvalue weighted by atomic mass is 10.1. The van der Waals surface area contributed by atoms with E-state index in [-0.39, 0.29) is 17.1 Å². The number of hydrogen-bond donors (Lipinski definition) is 1. The SMILES string of the molecule is Cc1ccc(C)c(S(=O)(=O)N(C)C(C)CN)c1[N+](=O)[O-]. The Morgan fingerprint density at radius 3 is 2.30 bits per heavy atom. The van der Waals surface area contributed by atoms with Crippen LogP contribution >= 0.6 is 0 Å². The lowest BCUT2D eigenvalue weighted by Crippen LogP contribution is -2.40. The summed E-state index contributed by atoms with van der Waals surface area (Å²) < 4.78 is 26.3. The third-order valence-corrected chi connectivity index (χ3v) is 5.46. The monoisotopic (exact) mass is 301 g/mol. The molecule has 20 heavy (non-hydrogen) atoms. The number of nitrogens with two attached hydrogens (primary N) is 1. The summed E-state index contributed by atoms with van der Waals surface area (Å²) in [5.74, 6) is 0. The Bertz CT molecular complexity index is 628. The minimum absolute atomic E-state index is 0.133. The van der Waals surface area contributed by atoms with Crippen molar-refractivity contribution in [2.45, 2.75) is 31.7 Å². The van der Waals surface area contributed by atoms with E-state index in [0.29, 0.717) is 11.1 Å². The van der Waals surface area contributed by atoms with E-state index in [1.165, 1.54) is 14.0 Å². The number of likely N-dealkylation sites (N-methyl/N-ethyl adjacent to an activating group) is 1. The molecule has 8 heteroatoms. The maximum atomic E-state index is 12.6. The molecule has 0 aliphatic carbocycles. The minimum atomic E-state index is -3.97. The van der Waals surface area contributed by atoms with Gasteiger partial charge in [0, 0.05) is 25.2 Å². The van der Waals surface area contributed by atoms with Crippen molar-refractivity contribution in [2.75, 3.05) is 13.6 Å². The Balaban J connectivity index is 3.61. The molecule has 1 rings (SSSR count). The van der Waals surface area contributed by atoms with Crippen LogP contribution in [-0.4, -0.2) is 37.3 Å². The van der Waals surface area contributed by atoms with Crippen molar-refractivity contribution in [1.82, 2.24) is 4.31 Å². The number of sulfonamides is 1. The van der Waals surface area contributed by atoms with Gasteiger partial charge < -0.3 is 5.73 Å². The lowest BCUT2D eigenvalue weighted by molar-refractivity contribution is -0.388. The molecule has 0 aromatic heterocycles. The Kier molecular flexibility index (Phi) is 4.85. The standard InChI is InChI=1S/C12H19N3O4S/c1-8-5-6-9(2)12(11(8)15(16)17)20(18,19)14(4)10(3)7-13/h5-6,10H,7,13H2,1-4H3. The molecule has 0 amide bonds. The van der Waals surface area contributed by atoms with Gasteiger partial charge in [-0.3, -0.25) is 10.1 Å². The Labute approximate surface area is 118 Å². The highest BCUT2D eigenvalue weighted by Crippen LogP contribution is 2.32. The van der Waals surface area contributed by atoms with Crippen molar-refractivity contribution in [1.29, 1.82) is 0 Å².